The van der Waals surface area contributed by atoms with Crippen LogP contribution in [-0.4, -0.2) is 22.6 Å². The molecule has 76 valence electrons. The van der Waals surface area contributed by atoms with E-state index in [4.69, 9.17) is 10.5 Å². The normalized spacial score (nSPS) is 32.4. The van der Waals surface area contributed by atoms with E-state index in [2.05, 4.69) is 9.36 Å². The summed E-state index contributed by atoms with van der Waals surface area (Å²) in [6.45, 7) is 1.33. The van der Waals surface area contributed by atoms with E-state index >= 15 is 0 Å². The Morgan fingerprint density at radius 2 is 2.36 bits per heavy atom. The van der Waals surface area contributed by atoms with Crippen LogP contribution in [0.5, 0.6) is 0 Å². The van der Waals surface area contributed by atoms with Crippen molar-refractivity contribution < 1.29 is 4.74 Å². The topological polar surface area (TPSA) is 61.0 Å². The minimum atomic E-state index is -0.356. The van der Waals surface area contributed by atoms with Crippen molar-refractivity contribution in [1.82, 2.24) is 9.36 Å². The van der Waals surface area contributed by atoms with Gasteiger partial charge in [0.2, 0.25) is 0 Å². The van der Waals surface area contributed by atoms with Crippen LogP contribution in [0.3, 0.4) is 0 Å². The van der Waals surface area contributed by atoms with Gasteiger partial charge in [-0.3, -0.25) is 0 Å². The second-order valence-electron chi connectivity index (χ2n) is 4.19. The minimum Gasteiger partial charge on any atom is -0.379 e. The van der Waals surface area contributed by atoms with Crippen molar-refractivity contribution in [2.24, 2.45) is 5.73 Å². The third kappa shape index (κ3) is 1.36. The van der Waals surface area contributed by atoms with Gasteiger partial charge in [0.15, 0.2) is 0 Å². The van der Waals surface area contributed by atoms with Crippen molar-refractivity contribution in [3.05, 3.63) is 10.8 Å². The van der Waals surface area contributed by atoms with Gasteiger partial charge in [-0.1, -0.05) is 0 Å². The number of hydrogen-bond acceptors (Lipinski definition) is 5. The zero-order valence-corrected chi connectivity index (χ0v) is 8.72. The lowest BCUT2D eigenvalue weighted by Crippen LogP contribution is -2.36. The summed E-state index contributed by atoms with van der Waals surface area (Å²) in [6, 6.07) is 0. The number of hydrogen-bond donors (Lipinski definition) is 1. The molecule has 1 aliphatic heterocycles. The summed E-state index contributed by atoms with van der Waals surface area (Å²) in [4.78, 5) is 4.53. The molecule has 2 aliphatic rings. The van der Waals surface area contributed by atoms with Crippen molar-refractivity contribution in [2.45, 2.75) is 30.7 Å². The average molecular weight is 211 g/mol. The van der Waals surface area contributed by atoms with E-state index in [-0.39, 0.29) is 5.54 Å². The molecule has 1 unspecified atom stereocenters. The second-order valence-corrected chi connectivity index (χ2v) is 4.94. The summed E-state index contributed by atoms with van der Waals surface area (Å²) in [7, 11) is 0. The number of aromatic nitrogens is 2. The number of nitrogens with zero attached hydrogens (tertiary/aromatic N) is 2. The first-order chi connectivity index (χ1) is 6.78. The molecule has 1 aliphatic carbocycles. The molecule has 5 heteroatoms. The van der Waals surface area contributed by atoms with Crippen molar-refractivity contribution in [2.75, 3.05) is 13.2 Å². The first kappa shape index (κ1) is 8.76. The monoisotopic (exact) mass is 211 g/mol. The quantitative estimate of drug-likeness (QED) is 0.792. The zero-order valence-electron chi connectivity index (χ0n) is 7.90. The molecule has 0 amide bonds. The first-order valence-electron chi connectivity index (χ1n) is 4.99. The maximum atomic E-state index is 6.20. The molecule has 0 radical (unpaired) electrons. The van der Waals surface area contributed by atoms with E-state index in [0.29, 0.717) is 12.5 Å². The molecule has 2 fully saturated rings. The van der Waals surface area contributed by atoms with Crippen molar-refractivity contribution in [1.29, 1.82) is 0 Å². The zero-order chi connectivity index (χ0) is 9.60. The highest BCUT2D eigenvalue weighted by molar-refractivity contribution is 7.05. The van der Waals surface area contributed by atoms with Crippen LogP contribution >= 0.6 is 11.5 Å². The van der Waals surface area contributed by atoms with E-state index in [1.165, 1.54) is 24.4 Å². The SMILES string of the molecule is NC1(c2nc(C3CC3)ns2)CCOC1. The Morgan fingerprint density at radius 3 is 3.00 bits per heavy atom. The standard InChI is InChI=1S/C9H13N3OS/c10-9(3-4-13-5-9)8-11-7(12-14-8)6-1-2-6/h6H,1-5,10H2. The fraction of sp³-hybridized carbons (Fsp3) is 0.778. The summed E-state index contributed by atoms with van der Waals surface area (Å²) >= 11 is 1.45. The van der Waals surface area contributed by atoms with E-state index in [1.807, 2.05) is 0 Å². The lowest BCUT2D eigenvalue weighted by Gasteiger charge is -2.16. The Labute approximate surface area is 86.6 Å². The van der Waals surface area contributed by atoms with Crippen molar-refractivity contribution in [3.8, 4) is 0 Å². The van der Waals surface area contributed by atoms with Gasteiger partial charge in [-0.15, -0.1) is 0 Å². The molecule has 0 bridgehead atoms. The summed E-state index contributed by atoms with van der Waals surface area (Å²) in [6.07, 6.45) is 3.35. The van der Waals surface area contributed by atoms with Crippen molar-refractivity contribution >= 4 is 11.5 Å². The van der Waals surface area contributed by atoms with Gasteiger partial charge in [0.05, 0.1) is 12.1 Å². The van der Waals surface area contributed by atoms with Gasteiger partial charge < -0.3 is 10.5 Å². The largest absolute Gasteiger partial charge is 0.379 e. The highest BCUT2D eigenvalue weighted by Gasteiger charge is 2.37. The number of nitrogens with two attached hydrogens (primary N) is 1. The Kier molecular flexibility index (Phi) is 1.87. The molecule has 1 saturated carbocycles. The van der Waals surface area contributed by atoms with Crippen LogP contribution in [0.2, 0.25) is 0 Å². The summed E-state index contributed by atoms with van der Waals surface area (Å²) < 4.78 is 9.68. The van der Waals surface area contributed by atoms with Gasteiger partial charge in [-0.2, -0.15) is 4.37 Å². The third-order valence-electron chi connectivity index (χ3n) is 2.86. The van der Waals surface area contributed by atoms with Gasteiger partial charge in [-0.25, -0.2) is 4.98 Å². The molecule has 1 aromatic rings. The smallest absolute Gasteiger partial charge is 0.145 e. The highest BCUT2D eigenvalue weighted by Crippen LogP contribution is 2.40. The highest BCUT2D eigenvalue weighted by atomic mass is 32.1. The fourth-order valence-electron chi connectivity index (χ4n) is 1.69. The molecule has 0 aromatic carbocycles. The summed E-state index contributed by atoms with van der Waals surface area (Å²) in [5.41, 5.74) is 5.84. The molecule has 1 atom stereocenters. The predicted octanol–water partition coefficient (Wildman–Crippen LogP) is 0.990. The minimum absolute atomic E-state index is 0.356. The summed E-state index contributed by atoms with van der Waals surface area (Å²) in [5, 5.41) is 0.955. The lowest BCUT2D eigenvalue weighted by molar-refractivity contribution is 0.178. The molecular formula is C9H13N3OS. The van der Waals surface area contributed by atoms with Crippen LogP contribution in [0.1, 0.15) is 36.0 Å². The van der Waals surface area contributed by atoms with Crippen LogP contribution < -0.4 is 5.73 Å². The second kappa shape index (κ2) is 2.98. The van der Waals surface area contributed by atoms with Crippen LogP contribution in [0.4, 0.5) is 0 Å². The van der Waals surface area contributed by atoms with E-state index in [0.717, 1.165) is 23.9 Å². The molecule has 3 rings (SSSR count). The molecule has 2 N–H and O–H groups in total. The van der Waals surface area contributed by atoms with E-state index in [9.17, 15) is 0 Å². The van der Waals surface area contributed by atoms with Crippen LogP contribution in [0.25, 0.3) is 0 Å². The Morgan fingerprint density at radius 1 is 1.50 bits per heavy atom. The third-order valence-corrected chi connectivity index (χ3v) is 3.81. The van der Waals surface area contributed by atoms with E-state index < -0.39 is 0 Å². The molecule has 1 aromatic heterocycles. The predicted molar refractivity (Wildman–Crippen MR) is 53.2 cm³/mol. The molecule has 1 saturated heterocycles. The molecule has 14 heavy (non-hydrogen) atoms. The van der Waals surface area contributed by atoms with Gasteiger partial charge >= 0.3 is 0 Å². The van der Waals surface area contributed by atoms with Gasteiger partial charge in [-0.05, 0) is 30.8 Å². The fourth-order valence-corrected chi connectivity index (χ4v) is 2.54. The molecule has 2 heterocycles. The molecular weight excluding hydrogens is 198 g/mol. The van der Waals surface area contributed by atoms with Crippen LogP contribution in [0, 0.1) is 0 Å². The lowest BCUT2D eigenvalue weighted by atomic mass is 10.0. The average Bonchev–Trinajstić information content (AvgIpc) is 2.75. The maximum absolute atomic E-state index is 6.20. The van der Waals surface area contributed by atoms with Gasteiger partial charge in [0.25, 0.3) is 0 Å². The van der Waals surface area contributed by atoms with Crippen LogP contribution in [0.15, 0.2) is 0 Å². The van der Waals surface area contributed by atoms with Gasteiger partial charge in [0, 0.05) is 12.5 Å². The van der Waals surface area contributed by atoms with Crippen molar-refractivity contribution in [3.63, 3.8) is 0 Å². The first-order valence-corrected chi connectivity index (χ1v) is 5.76. The van der Waals surface area contributed by atoms with Gasteiger partial charge in [0.1, 0.15) is 10.8 Å². The Balaban J connectivity index is 1.87. The van der Waals surface area contributed by atoms with Crippen LogP contribution in [-0.2, 0) is 10.3 Å². The Hall–Kier alpha value is -0.520. The number of ether oxygens (including phenoxy) is 1. The molecule has 0 spiro atoms. The summed E-state index contributed by atoms with van der Waals surface area (Å²) in [5.74, 6) is 1.62. The maximum Gasteiger partial charge on any atom is 0.145 e. The molecule has 4 nitrogen and oxygen atoms in total. The Bertz CT molecular complexity index is 342. The van der Waals surface area contributed by atoms with E-state index in [1.54, 1.807) is 0 Å². The number of rotatable bonds is 2.